The molecule has 0 aliphatic carbocycles. The van der Waals surface area contributed by atoms with Crippen LogP contribution in [0.1, 0.15) is 25.8 Å². The lowest BCUT2D eigenvalue weighted by Crippen LogP contribution is -2.43. The fourth-order valence-electron chi connectivity index (χ4n) is 2.66. The van der Waals surface area contributed by atoms with E-state index in [1.165, 1.54) is 4.57 Å². The van der Waals surface area contributed by atoms with Crippen LogP contribution in [0, 0.1) is 0 Å². The van der Waals surface area contributed by atoms with Gasteiger partial charge in [-0.2, -0.15) is 4.37 Å². The van der Waals surface area contributed by atoms with Crippen LogP contribution in [-0.2, 0) is 17.9 Å². The highest BCUT2D eigenvalue weighted by atomic mass is 32.1. The number of carbonyl (C=O) groups is 1. The molecule has 26 heavy (non-hydrogen) atoms. The molecule has 0 aliphatic heterocycles. The van der Waals surface area contributed by atoms with Crippen molar-refractivity contribution in [2.24, 2.45) is 0 Å². The second kappa shape index (κ2) is 7.65. The summed E-state index contributed by atoms with van der Waals surface area (Å²) >= 11 is 1.10. The quantitative estimate of drug-likeness (QED) is 0.712. The van der Waals surface area contributed by atoms with Gasteiger partial charge in [0.15, 0.2) is 5.52 Å². The summed E-state index contributed by atoms with van der Waals surface area (Å²) in [5.41, 5.74) is 0.493. The number of hydrogen-bond donors (Lipinski definition) is 1. The second-order valence-corrected chi connectivity index (χ2v) is 6.80. The third kappa shape index (κ3) is 3.60. The molecule has 3 rings (SSSR count). The second-order valence-electron chi connectivity index (χ2n) is 6.17. The van der Waals surface area contributed by atoms with Crippen molar-refractivity contribution in [2.45, 2.75) is 39.4 Å². The van der Waals surface area contributed by atoms with Gasteiger partial charge in [-0.3, -0.25) is 18.7 Å². The Morgan fingerprint density at radius 2 is 1.96 bits per heavy atom. The van der Waals surface area contributed by atoms with Crippen molar-refractivity contribution in [3.05, 3.63) is 62.1 Å². The van der Waals surface area contributed by atoms with Gasteiger partial charge in [-0.25, -0.2) is 4.79 Å². The first-order valence-electron chi connectivity index (χ1n) is 8.42. The Hall–Kier alpha value is -2.74. The van der Waals surface area contributed by atoms with E-state index < -0.39 is 11.2 Å². The van der Waals surface area contributed by atoms with Gasteiger partial charge in [0.25, 0.3) is 5.56 Å². The molecule has 7 nitrogen and oxygen atoms in total. The maximum Gasteiger partial charge on any atom is 0.332 e. The van der Waals surface area contributed by atoms with Gasteiger partial charge in [0.2, 0.25) is 5.91 Å². The molecule has 0 fully saturated rings. The molecule has 0 saturated heterocycles. The Morgan fingerprint density at radius 3 is 2.65 bits per heavy atom. The lowest BCUT2D eigenvalue weighted by Gasteiger charge is -2.14. The van der Waals surface area contributed by atoms with E-state index in [9.17, 15) is 14.4 Å². The van der Waals surface area contributed by atoms with Crippen molar-refractivity contribution in [1.82, 2.24) is 18.8 Å². The summed E-state index contributed by atoms with van der Waals surface area (Å²) in [4.78, 5) is 37.9. The van der Waals surface area contributed by atoms with Crippen LogP contribution in [0.25, 0.3) is 11.0 Å². The largest absolute Gasteiger partial charge is 0.352 e. The number of nitrogens with zero attached hydrogens (tertiary/aromatic N) is 3. The molecule has 2 aromatic heterocycles. The van der Waals surface area contributed by atoms with E-state index in [4.69, 9.17) is 0 Å². The smallest absolute Gasteiger partial charge is 0.332 e. The van der Waals surface area contributed by atoms with Crippen LogP contribution >= 0.6 is 11.5 Å². The minimum absolute atomic E-state index is 0.0181. The first-order chi connectivity index (χ1) is 12.5. The van der Waals surface area contributed by atoms with Gasteiger partial charge in [-0.1, -0.05) is 37.3 Å². The van der Waals surface area contributed by atoms with Gasteiger partial charge in [-0.05, 0) is 30.4 Å². The van der Waals surface area contributed by atoms with E-state index in [1.807, 2.05) is 44.2 Å². The van der Waals surface area contributed by atoms with Gasteiger partial charge in [0.1, 0.15) is 6.54 Å². The van der Waals surface area contributed by atoms with Crippen LogP contribution in [-0.4, -0.2) is 25.5 Å². The number of fused-ring (bicyclic) bond motifs is 1. The molecule has 136 valence electrons. The molecule has 0 radical (unpaired) electrons. The summed E-state index contributed by atoms with van der Waals surface area (Å²) in [5.74, 6) is -0.265. The molecule has 0 bridgehead atoms. The maximum atomic E-state index is 12.9. The first-order valence-corrected chi connectivity index (χ1v) is 9.26. The van der Waals surface area contributed by atoms with Gasteiger partial charge in [-0.15, -0.1) is 0 Å². The van der Waals surface area contributed by atoms with Crippen LogP contribution in [0.2, 0.25) is 0 Å². The Balaban J connectivity index is 2.05. The number of aromatic nitrogens is 3. The fourth-order valence-corrected chi connectivity index (χ4v) is 3.33. The molecule has 1 aromatic carbocycles. The predicted octanol–water partition coefficient (Wildman–Crippen LogP) is 1.58. The average Bonchev–Trinajstić information content (AvgIpc) is 3.13. The molecule has 1 amide bonds. The minimum atomic E-state index is -0.508. The summed E-state index contributed by atoms with van der Waals surface area (Å²) < 4.78 is 6.58. The standard InChI is InChI=1S/C18H20N4O3S/c1-3-12(2)19-15(23)10-21-14-11-26-20-16(14)17(24)22(18(21)25)9-13-7-5-4-6-8-13/h4-8,11-12H,3,9-10H2,1-2H3,(H,19,23)/t12-/m0/s1. The topological polar surface area (TPSA) is 86.0 Å². The van der Waals surface area contributed by atoms with Crippen molar-refractivity contribution < 1.29 is 4.79 Å². The van der Waals surface area contributed by atoms with Crippen molar-refractivity contribution in [1.29, 1.82) is 0 Å². The van der Waals surface area contributed by atoms with E-state index >= 15 is 0 Å². The molecule has 0 aliphatic rings. The Morgan fingerprint density at radius 1 is 1.23 bits per heavy atom. The number of carbonyl (C=O) groups excluding carboxylic acids is 1. The molecule has 8 heteroatoms. The van der Waals surface area contributed by atoms with Gasteiger partial charge >= 0.3 is 5.69 Å². The monoisotopic (exact) mass is 372 g/mol. The summed E-state index contributed by atoms with van der Waals surface area (Å²) in [6.45, 7) is 3.86. The van der Waals surface area contributed by atoms with Crippen molar-refractivity contribution in [3.63, 3.8) is 0 Å². The third-order valence-electron chi connectivity index (χ3n) is 4.26. The highest BCUT2D eigenvalue weighted by Crippen LogP contribution is 2.10. The van der Waals surface area contributed by atoms with E-state index in [1.54, 1.807) is 5.38 Å². The van der Waals surface area contributed by atoms with Gasteiger partial charge in [0, 0.05) is 11.4 Å². The van der Waals surface area contributed by atoms with Crippen LogP contribution in [0.4, 0.5) is 0 Å². The summed E-state index contributed by atoms with van der Waals surface area (Å²) in [7, 11) is 0. The lowest BCUT2D eigenvalue weighted by molar-refractivity contribution is -0.122. The van der Waals surface area contributed by atoms with E-state index in [-0.39, 0.29) is 30.6 Å². The Kier molecular flexibility index (Phi) is 5.32. The SMILES string of the molecule is CC[C@H](C)NC(=O)Cn1c(=O)n(Cc2ccccc2)c(=O)c2nscc21. The Bertz CT molecular complexity index is 1040. The van der Waals surface area contributed by atoms with Crippen LogP contribution in [0.3, 0.4) is 0 Å². The predicted molar refractivity (Wildman–Crippen MR) is 102 cm³/mol. The molecule has 0 saturated carbocycles. The Labute approximate surface area is 154 Å². The van der Waals surface area contributed by atoms with Gasteiger partial charge < -0.3 is 5.32 Å². The molecule has 3 aromatic rings. The molecule has 0 spiro atoms. The van der Waals surface area contributed by atoms with Crippen molar-refractivity contribution >= 4 is 28.5 Å². The lowest BCUT2D eigenvalue weighted by atomic mass is 10.2. The summed E-state index contributed by atoms with van der Waals surface area (Å²) in [6, 6.07) is 9.27. The highest BCUT2D eigenvalue weighted by Gasteiger charge is 2.18. The highest BCUT2D eigenvalue weighted by molar-refractivity contribution is 7.04. The molecule has 1 atom stereocenters. The normalized spacial score (nSPS) is 12.2. The molecular formula is C18H20N4O3S. The van der Waals surface area contributed by atoms with E-state index in [0.29, 0.717) is 5.52 Å². The van der Waals surface area contributed by atoms with Gasteiger partial charge in [0.05, 0.1) is 12.1 Å². The maximum absolute atomic E-state index is 12.9. The zero-order valence-corrected chi connectivity index (χ0v) is 15.5. The number of benzene rings is 1. The van der Waals surface area contributed by atoms with Crippen LogP contribution < -0.4 is 16.6 Å². The number of hydrogen-bond acceptors (Lipinski definition) is 5. The van der Waals surface area contributed by atoms with E-state index in [2.05, 4.69) is 9.69 Å². The molecule has 0 unspecified atom stereocenters. The zero-order chi connectivity index (χ0) is 18.7. The van der Waals surface area contributed by atoms with Crippen molar-refractivity contribution in [3.8, 4) is 0 Å². The number of rotatable bonds is 6. The fraction of sp³-hybridized carbons (Fsp3) is 0.333. The van der Waals surface area contributed by atoms with Crippen LogP contribution in [0.15, 0.2) is 45.3 Å². The molecule has 1 N–H and O–H groups in total. The summed E-state index contributed by atoms with van der Waals surface area (Å²) in [6.07, 6.45) is 0.795. The van der Waals surface area contributed by atoms with Crippen molar-refractivity contribution in [2.75, 3.05) is 0 Å². The first kappa shape index (κ1) is 18.1. The van der Waals surface area contributed by atoms with Crippen LogP contribution in [0.5, 0.6) is 0 Å². The number of nitrogens with one attached hydrogen (secondary N) is 1. The minimum Gasteiger partial charge on any atom is -0.352 e. The molecule has 2 heterocycles. The number of amides is 1. The molecular weight excluding hydrogens is 352 g/mol. The average molecular weight is 372 g/mol. The van der Waals surface area contributed by atoms with E-state index in [0.717, 1.165) is 28.1 Å². The zero-order valence-electron chi connectivity index (χ0n) is 14.6. The summed E-state index contributed by atoms with van der Waals surface area (Å²) in [5, 5.41) is 4.47. The third-order valence-corrected chi connectivity index (χ3v) is 4.87.